The number of allylic oxidation sites excluding steroid dienone is 1. The normalized spacial score (nSPS) is 9.75. The average Bonchev–Trinajstić information content (AvgIpc) is 2.29. The van der Waals surface area contributed by atoms with Crippen molar-refractivity contribution in [3.8, 4) is 11.8 Å². The number of nitriles is 1. The third-order valence-corrected chi connectivity index (χ3v) is 3.99. The van der Waals surface area contributed by atoms with Gasteiger partial charge < -0.3 is 4.74 Å². The molecule has 0 unspecified atom stereocenters. The van der Waals surface area contributed by atoms with Crippen LogP contribution in [-0.4, -0.2) is 7.11 Å². The van der Waals surface area contributed by atoms with Gasteiger partial charge in [0.2, 0.25) is 0 Å². The highest BCUT2D eigenvalue weighted by atomic mass is 79.9. The summed E-state index contributed by atoms with van der Waals surface area (Å²) < 4.78 is 6.39. The van der Waals surface area contributed by atoms with Crippen molar-refractivity contribution >= 4 is 21.5 Å². The van der Waals surface area contributed by atoms with Crippen molar-refractivity contribution in [2.24, 2.45) is 0 Å². The van der Waals surface area contributed by atoms with Crippen LogP contribution in [0, 0.1) is 32.1 Å². The summed E-state index contributed by atoms with van der Waals surface area (Å²) in [6.45, 7) is 9.72. The monoisotopic (exact) mass is 279 g/mol. The lowest BCUT2D eigenvalue weighted by atomic mass is 9.95. The lowest BCUT2D eigenvalue weighted by Gasteiger charge is -2.17. The summed E-state index contributed by atoms with van der Waals surface area (Å²) >= 11 is 3.54. The molecule has 0 amide bonds. The van der Waals surface area contributed by atoms with Crippen molar-refractivity contribution in [2.75, 3.05) is 7.11 Å². The fourth-order valence-corrected chi connectivity index (χ4v) is 2.25. The fraction of sp³-hybridized carbons (Fsp3) is 0.308. The summed E-state index contributed by atoms with van der Waals surface area (Å²) in [4.78, 5) is 0. The van der Waals surface area contributed by atoms with Crippen molar-refractivity contribution < 1.29 is 4.74 Å². The first-order chi connectivity index (χ1) is 7.45. The highest BCUT2D eigenvalue weighted by Gasteiger charge is 2.18. The first-order valence-electron chi connectivity index (χ1n) is 4.88. The molecule has 0 aliphatic rings. The van der Waals surface area contributed by atoms with E-state index in [1.807, 2.05) is 20.8 Å². The fourth-order valence-electron chi connectivity index (χ4n) is 1.76. The van der Waals surface area contributed by atoms with Gasteiger partial charge in [-0.1, -0.05) is 22.5 Å². The van der Waals surface area contributed by atoms with Gasteiger partial charge in [-0.3, -0.25) is 0 Å². The van der Waals surface area contributed by atoms with E-state index in [9.17, 15) is 0 Å². The van der Waals surface area contributed by atoms with E-state index in [1.54, 1.807) is 7.11 Å². The zero-order valence-corrected chi connectivity index (χ0v) is 11.5. The molecular weight excluding hydrogens is 266 g/mol. The van der Waals surface area contributed by atoms with Crippen molar-refractivity contribution in [1.82, 2.24) is 0 Å². The van der Waals surface area contributed by atoms with Crippen LogP contribution in [0.5, 0.6) is 5.75 Å². The summed E-state index contributed by atoms with van der Waals surface area (Å²) in [5.74, 6) is 0.741. The van der Waals surface area contributed by atoms with E-state index < -0.39 is 0 Å². The number of hydrogen-bond acceptors (Lipinski definition) is 2. The molecule has 0 atom stereocenters. The van der Waals surface area contributed by atoms with Crippen LogP contribution >= 0.6 is 15.9 Å². The van der Waals surface area contributed by atoms with Gasteiger partial charge in [0.1, 0.15) is 5.75 Å². The maximum Gasteiger partial charge on any atom is 0.130 e. The second-order valence-electron chi connectivity index (χ2n) is 3.69. The largest absolute Gasteiger partial charge is 0.496 e. The van der Waals surface area contributed by atoms with Crippen LogP contribution in [0.4, 0.5) is 0 Å². The van der Waals surface area contributed by atoms with Crippen molar-refractivity contribution in [1.29, 1.82) is 5.26 Å². The van der Waals surface area contributed by atoms with E-state index in [1.165, 1.54) is 0 Å². The molecule has 0 aliphatic carbocycles. The van der Waals surface area contributed by atoms with E-state index in [0.717, 1.165) is 32.5 Å². The van der Waals surface area contributed by atoms with Crippen LogP contribution < -0.4 is 4.74 Å². The highest BCUT2D eigenvalue weighted by molar-refractivity contribution is 9.10. The number of benzene rings is 1. The molecule has 16 heavy (non-hydrogen) atoms. The molecule has 0 spiro atoms. The van der Waals surface area contributed by atoms with Gasteiger partial charge in [0.15, 0.2) is 0 Å². The molecule has 0 aliphatic heterocycles. The first-order valence-corrected chi connectivity index (χ1v) is 5.67. The predicted molar refractivity (Wildman–Crippen MR) is 69.6 cm³/mol. The van der Waals surface area contributed by atoms with Crippen LogP contribution in [0.15, 0.2) is 11.1 Å². The second kappa shape index (κ2) is 4.71. The zero-order chi connectivity index (χ0) is 12.5. The summed E-state index contributed by atoms with van der Waals surface area (Å²) in [5.41, 5.74) is 4.37. The minimum atomic E-state index is 0.429. The number of nitrogens with zero attached hydrogens (tertiary/aromatic N) is 1. The van der Waals surface area contributed by atoms with E-state index in [0.29, 0.717) is 5.57 Å². The second-order valence-corrected chi connectivity index (χ2v) is 4.48. The van der Waals surface area contributed by atoms with E-state index in [4.69, 9.17) is 10.00 Å². The molecule has 84 valence electrons. The minimum Gasteiger partial charge on any atom is -0.496 e. The molecule has 0 saturated carbocycles. The van der Waals surface area contributed by atoms with Crippen LogP contribution in [0.25, 0.3) is 5.57 Å². The molecule has 0 bridgehead atoms. The van der Waals surface area contributed by atoms with E-state index in [2.05, 4.69) is 28.6 Å². The Labute approximate surface area is 105 Å². The molecular formula is C13H14BrNO. The predicted octanol–water partition coefficient (Wildman–Crippen LogP) is 3.92. The van der Waals surface area contributed by atoms with Gasteiger partial charge >= 0.3 is 0 Å². The Morgan fingerprint density at radius 2 is 1.81 bits per heavy atom. The number of hydrogen-bond donors (Lipinski definition) is 0. The summed E-state index contributed by atoms with van der Waals surface area (Å²) in [5, 5.41) is 8.96. The topological polar surface area (TPSA) is 33.0 Å². The average molecular weight is 280 g/mol. The van der Waals surface area contributed by atoms with Gasteiger partial charge in [-0.15, -0.1) is 0 Å². The Balaban J connectivity index is 3.72. The van der Waals surface area contributed by atoms with Crippen molar-refractivity contribution in [3.05, 3.63) is 33.3 Å². The Bertz CT molecular complexity index is 498. The lowest BCUT2D eigenvalue weighted by Crippen LogP contribution is -2.00. The summed E-state index contributed by atoms with van der Waals surface area (Å²) in [6.07, 6.45) is 0. The van der Waals surface area contributed by atoms with Crippen molar-refractivity contribution in [2.45, 2.75) is 20.8 Å². The van der Waals surface area contributed by atoms with E-state index in [-0.39, 0.29) is 0 Å². The molecule has 0 aromatic heterocycles. The maximum absolute atomic E-state index is 8.96. The van der Waals surface area contributed by atoms with Gasteiger partial charge in [-0.2, -0.15) is 5.26 Å². The van der Waals surface area contributed by atoms with Gasteiger partial charge in [-0.05, 0) is 37.5 Å². The van der Waals surface area contributed by atoms with Crippen LogP contribution in [-0.2, 0) is 0 Å². The molecule has 0 radical (unpaired) electrons. The number of ether oxygens (including phenoxy) is 1. The number of methoxy groups -OCH3 is 1. The third-order valence-electron chi connectivity index (χ3n) is 2.80. The molecule has 2 nitrogen and oxygen atoms in total. The van der Waals surface area contributed by atoms with Crippen LogP contribution in [0.1, 0.15) is 22.3 Å². The Morgan fingerprint density at radius 3 is 2.25 bits per heavy atom. The van der Waals surface area contributed by atoms with E-state index >= 15 is 0 Å². The Morgan fingerprint density at radius 1 is 1.25 bits per heavy atom. The standard InChI is InChI=1S/C13H14BrNO/c1-7(6-15)11-10(4)12(14)8(2)9(3)13(11)16-5/h1H2,2-5H3. The van der Waals surface area contributed by atoms with Crippen LogP contribution in [0.3, 0.4) is 0 Å². The molecule has 1 rings (SSSR count). The molecule has 0 N–H and O–H groups in total. The molecule has 1 aromatic rings. The Hall–Kier alpha value is -1.27. The minimum absolute atomic E-state index is 0.429. The Kier molecular flexibility index (Phi) is 3.77. The quantitative estimate of drug-likeness (QED) is 0.769. The van der Waals surface area contributed by atoms with Gasteiger partial charge in [0.25, 0.3) is 0 Å². The highest BCUT2D eigenvalue weighted by Crippen LogP contribution is 2.38. The molecule has 0 fully saturated rings. The summed E-state index contributed by atoms with van der Waals surface area (Å²) in [7, 11) is 1.61. The summed E-state index contributed by atoms with van der Waals surface area (Å²) in [6, 6.07) is 2.08. The number of halogens is 1. The molecule has 0 heterocycles. The molecule has 3 heteroatoms. The zero-order valence-electron chi connectivity index (χ0n) is 9.94. The third kappa shape index (κ3) is 1.85. The molecule has 0 saturated heterocycles. The number of rotatable bonds is 2. The van der Waals surface area contributed by atoms with Gasteiger partial charge in [0, 0.05) is 10.0 Å². The lowest BCUT2D eigenvalue weighted by molar-refractivity contribution is 0.409. The first kappa shape index (κ1) is 12.8. The van der Waals surface area contributed by atoms with Gasteiger partial charge in [-0.25, -0.2) is 0 Å². The smallest absolute Gasteiger partial charge is 0.130 e. The molecule has 1 aromatic carbocycles. The van der Waals surface area contributed by atoms with Crippen molar-refractivity contribution in [3.63, 3.8) is 0 Å². The van der Waals surface area contributed by atoms with Crippen LogP contribution in [0.2, 0.25) is 0 Å². The maximum atomic E-state index is 8.96. The SMILES string of the molecule is C=C(C#N)c1c(C)c(Br)c(C)c(C)c1OC. The van der Waals surface area contributed by atoms with Gasteiger partial charge in [0.05, 0.1) is 18.8 Å².